The van der Waals surface area contributed by atoms with Gasteiger partial charge in [0.15, 0.2) is 0 Å². The molecule has 0 fully saturated rings. The van der Waals surface area contributed by atoms with E-state index in [1.807, 2.05) is 36.4 Å². The van der Waals surface area contributed by atoms with Crippen LogP contribution in [0.4, 0.5) is 0 Å². The number of rotatable bonds is 4. The third-order valence-corrected chi connectivity index (χ3v) is 3.69. The molecule has 3 N–H and O–H groups in total. The van der Waals surface area contributed by atoms with Gasteiger partial charge in [0.05, 0.1) is 6.61 Å². The standard InChI is InChI=1S/C16H19NO/c1-16(15(17)12-18,13-8-4-2-5-9-13)14-10-6-3-7-11-14/h2-11,15,18H,12,17H2,1H3. The van der Waals surface area contributed by atoms with Gasteiger partial charge < -0.3 is 10.8 Å². The Hall–Kier alpha value is -1.64. The second-order valence-electron chi connectivity index (χ2n) is 4.72. The van der Waals surface area contributed by atoms with Crippen LogP contribution in [0, 0.1) is 0 Å². The lowest BCUT2D eigenvalue weighted by atomic mass is 9.71. The van der Waals surface area contributed by atoms with Crippen LogP contribution >= 0.6 is 0 Å². The highest BCUT2D eigenvalue weighted by Crippen LogP contribution is 2.34. The maximum Gasteiger partial charge on any atom is 0.0594 e. The predicted molar refractivity (Wildman–Crippen MR) is 74.4 cm³/mol. The number of hydrogen-bond acceptors (Lipinski definition) is 2. The van der Waals surface area contributed by atoms with Crippen molar-refractivity contribution in [3.8, 4) is 0 Å². The zero-order valence-electron chi connectivity index (χ0n) is 10.6. The minimum Gasteiger partial charge on any atom is -0.395 e. The summed E-state index contributed by atoms with van der Waals surface area (Å²) in [5, 5.41) is 9.47. The molecule has 2 rings (SSSR count). The van der Waals surface area contributed by atoms with Crippen LogP contribution in [-0.2, 0) is 5.41 Å². The molecule has 0 spiro atoms. The quantitative estimate of drug-likeness (QED) is 0.863. The van der Waals surface area contributed by atoms with Gasteiger partial charge in [0.1, 0.15) is 0 Å². The Morgan fingerprint density at radius 1 is 0.944 bits per heavy atom. The SMILES string of the molecule is CC(c1ccccc1)(c1ccccc1)C(N)CO. The largest absolute Gasteiger partial charge is 0.395 e. The van der Waals surface area contributed by atoms with Gasteiger partial charge in [-0.1, -0.05) is 60.7 Å². The van der Waals surface area contributed by atoms with Gasteiger partial charge in [0.2, 0.25) is 0 Å². The molecule has 0 aliphatic heterocycles. The molecule has 0 heterocycles. The van der Waals surface area contributed by atoms with Crippen molar-refractivity contribution in [3.05, 3.63) is 71.8 Å². The van der Waals surface area contributed by atoms with Gasteiger partial charge in [-0.3, -0.25) is 0 Å². The Labute approximate surface area is 108 Å². The van der Waals surface area contributed by atoms with Crippen LogP contribution in [0.15, 0.2) is 60.7 Å². The molecule has 2 heteroatoms. The van der Waals surface area contributed by atoms with Crippen molar-refractivity contribution in [1.29, 1.82) is 0 Å². The van der Waals surface area contributed by atoms with E-state index in [9.17, 15) is 5.11 Å². The first-order valence-corrected chi connectivity index (χ1v) is 6.17. The highest BCUT2D eigenvalue weighted by Gasteiger charge is 2.34. The van der Waals surface area contributed by atoms with Crippen molar-refractivity contribution in [1.82, 2.24) is 0 Å². The molecule has 0 saturated heterocycles. The molecule has 18 heavy (non-hydrogen) atoms. The van der Waals surface area contributed by atoms with E-state index in [0.717, 1.165) is 11.1 Å². The van der Waals surface area contributed by atoms with Gasteiger partial charge in [-0.15, -0.1) is 0 Å². The third-order valence-electron chi connectivity index (χ3n) is 3.69. The summed E-state index contributed by atoms with van der Waals surface area (Å²) in [6.07, 6.45) is 0. The molecule has 0 saturated carbocycles. The number of aliphatic hydroxyl groups is 1. The van der Waals surface area contributed by atoms with Gasteiger partial charge in [0, 0.05) is 11.5 Å². The van der Waals surface area contributed by atoms with Crippen LogP contribution in [0.1, 0.15) is 18.1 Å². The summed E-state index contributed by atoms with van der Waals surface area (Å²) in [6, 6.07) is 19.9. The number of benzene rings is 2. The van der Waals surface area contributed by atoms with Crippen LogP contribution in [0.25, 0.3) is 0 Å². The van der Waals surface area contributed by atoms with Gasteiger partial charge >= 0.3 is 0 Å². The Bertz CT molecular complexity index is 441. The van der Waals surface area contributed by atoms with Crippen LogP contribution in [0.3, 0.4) is 0 Å². The molecule has 0 bridgehead atoms. The summed E-state index contributed by atoms with van der Waals surface area (Å²) in [4.78, 5) is 0. The van der Waals surface area contributed by atoms with E-state index in [1.54, 1.807) is 0 Å². The van der Waals surface area contributed by atoms with E-state index in [-0.39, 0.29) is 18.1 Å². The van der Waals surface area contributed by atoms with E-state index >= 15 is 0 Å². The fourth-order valence-electron chi connectivity index (χ4n) is 2.35. The van der Waals surface area contributed by atoms with Crippen molar-refractivity contribution in [3.63, 3.8) is 0 Å². The van der Waals surface area contributed by atoms with Gasteiger partial charge in [-0.25, -0.2) is 0 Å². The Morgan fingerprint density at radius 2 is 1.33 bits per heavy atom. The molecule has 1 atom stereocenters. The Kier molecular flexibility index (Phi) is 3.80. The summed E-state index contributed by atoms with van der Waals surface area (Å²) in [5.41, 5.74) is 8.03. The van der Waals surface area contributed by atoms with Crippen molar-refractivity contribution in [2.24, 2.45) is 5.73 Å². The van der Waals surface area contributed by atoms with Crippen LogP contribution in [0.5, 0.6) is 0 Å². The van der Waals surface area contributed by atoms with E-state index in [1.165, 1.54) is 0 Å². The zero-order chi connectivity index (χ0) is 13.0. The third kappa shape index (κ3) is 2.17. The molecule has 2 aromatic rings. The lowest BCUT2D eigenvalue weighted by molar-refractivity contribution is 0.228. The molecule has 0 aliphatic rings. The van der Waals surface area contributed by atoms with Gasteiger partial charge in [0.25, 0.3) is 0 Å². The Balaban J connectivity index is 2.55. The van der Waals surface area contributed by atoms with E-state index in [2.05, 4.69) is 31.2 Å². The van der Waals surface area contributed by atoms with Crippen molar-refractivity contribution in [2.45, 2.75) is 18.4 Å². The maximum atomic E-state index is 9.47. The fourth-order valence-corrected chi connectivity index (χ4v) is 2.35. The summed E-state index contributed by atoms with van der Waals surface area (Å²) in [7, 11) is 0. The molecule has 0 aliphatic carbocycles. The van der Waals surface area contributed by atoms with E-state index in [4.69, 9.17) is 5.73 Å². The first-order chi connectivity index (χ1) is 8.69. The average Bonchev–Trinajstić information content (AvgIpc) is 2.47. The summed E-state index contributed by atoms with van der Waals surface area (Å²) in [6.45, 7) is 2.04. The van der Waals surface area contributed by atoms with Gasteiger partial charge in [-0.2, -0.15) is 0 Å². The van der Waals surface area contributed by atoms with Crippen molar-refractivity contribution in [2.75, 3.05) is 6.61 Å². The monoisotopic (exact) mass is 241 g/mol. The number of hydrogen-bond donors (Lipinski definition) is 2. The normalized spacial score (nSPS) is 13.3. The number of aliphatic hydroxyl groups excluding tert-OH is 1. The van der Waals surface area contributed by atoms with Crippen molar-refractivity contribution >= 4 is 0 Å². The highest BCUT2D eigenvalue weighted by molar-refractivity contribution is 5.40. The minimum absolute atomic E-state index is 0.0414. The molecule has 94 valence electrons. The summed E-state index contributed by atoms with van der Waals surface area (Å²) in [5.74, 6) is 0. The molecule has 0 amide bonds. The zero-order valence-corrected chi connectivity index (χ0v) is 10.6. The average molecular weight is 241 g/mol. The molecular weight excluding hydrogens is 222 g/mol. The second kappa shape index (κ2) is 5.34. The summed E-state index contributed by atoms with van der Waals surface area (Å²) < 4.78 is 0. The molecule has 2 aromatic carbocycles. The first-order valence-electron chi connectivity index (χ1n) is 6.17. The van der Waals surface area contributed by atoms with E-state index < -0.39 is 0 Å². The maximum absolute atomic E-state index is 9.47. The predicted octanol–water partition coefficient (Wildman–Crippen LogP) is 2.31. The van der Waals surface area contributed by atoms with Crippen molar-refractivity contribution < 1.29 is 5.11 Å². The molecular formula is C16H19NO. The molecule has 0 radical (unpaired) electrons. The Morgan fingerprint density at radius 3 is 1.67 bits per heavy atom. The van der Waals surface area contributed by atoms with E-state index in [0.29, 0.717) is 0 Å². The fraction of sp³-hybridized carbons (Fsp3) is 0.250. The van der Waals surface area contributed by atoms with Crippen LogP contribution < -0.4 is 5.73 Å². The highest BCUT2D eigenvalue weighted by atomic mass is 16.3. The lowest BCUT2D eigenvalue weighted by Gasteiger charge is -2.35. The first kappa shape index (κ1) is 12.8. The van der Waals surface area contributed by atoms with Gasteiger partial charge in [-0.05, 0) is 18.1 Å². The minimum atomic E-state index is -0.378. The number of nitrogens with two attached hydrogens (primary N) is 1. The second-order valence-corrected chi connectivity index (χ2v) is 4.72. The molecule has 2 nitrogen and oxygen atoms in total. The lowest BCUT2D eigenvalue weighted by Crippen LogP contribution is -2.46. The van der Waals surface area contributed by atoms with Crippen LogP contribution in [-0.4, -0.2) is 17.8 Å². The smallest absolute Gasteiger partial charge is 0.0594 e. The van der Waals surface area contributed by atoms with Crippen LogP contribution in [0.2, 0.25) is 0 Å². The molecule has 1 unspecified atom stereocenters. The summed E-state index contributed by atoms with van der Waals surface area (Å²) >= 11 is 0. The molecule has 0 aromatic heterocycles. The topological polar surface area (TPSA) is 46.2 Å².